The van der Waals surface area contributed by atoms with Crippen molar-refractivity contribution in [3.8, 4) is 22.9 Å². The molecule has 76 valence electrons. The molecule has 0 amide bonds. The Morgan fingerprint density at radius 2 is 1.88 bits per heavy atom. The molecule has 0 aromatic heterocycles. The normalized spacial score (nSPS) is 11.7. The van der Waals surface area contributed by atoms with Crippen LogP contribution in [-0.2, 0) is 6.42 Å². The molecule has 2 aromatic carbocycles. The van der Waals surface area contributed by atoms with Gasteiger partial charge < -0.3 is 5.11 Å². The smallest absolute Gasteiger partial charge is 0.133 e. The Hall–Kier alpha value is -2.27. The number of hydrogen-bond donors (Lipinski definition) is 1. The minimum atomic E-state index is 0.0778. The van der Waals surface area contributed by atoms with Crippen LogP contribution in [0, 0.1) is 11.3 Å². The molecule has 0 fully saturated rings. The van der Waals surface area contributed by atoms with Crippen LogP contribution in [0.5, 0.6) is 5.75 Å². The van der Waals surface area contributed by atoms with Gasteiger partial charge in [-0.2, -0.15) is 5.26 Å². The third-order valence-corrected chi connectivity index (χ3v) is 3.08. The fourth-order valence-corrected chi connectivity index (χ4v) is 2.32. The number of fused-ring (bicyclic) bond motifs is 3. The Labute approximate surface area is 93.4 Å². The largest absolute Gasteiger partial charge is 0.507 e. The lowest BCUT2D eigenvalue weighted by Gasteiger charge is -2.03. The van der Waals surface area contributed by atoms with E-state index in [2.05, 4.69) is 18.2 Å². The molecule has 1 aliphatic rings. The van der Waals surface area contributed by atoms with E-state index in [0.717, 1.165) is 17.5 Å². The van der Waals surface area contributed by atoms with Crippen molar-refractivity contribution in [2.24, 2.45) is 0 Å². The molecule has 2 nitrogen and oxygen atoms in total. The quantitative estimate of drug-likeness (QED) is 0.616. The zero-order chi connectivity index (χ0) is 11.1. The average Bonchev–Trinajstić information content (AvgIpc) is 2.67. The second kappa shape index (κ2) is 3.11. The third-order valence-electron chi connectivity index (χ3n) is 3.08. The van der Waals surface area contributed by atoms with Crippen LogP contribution in [0.4, 0.5) is 0 Å². The van der Waals surface area contributed by atoms with Gasteiger partial charge >= 0.3 is 0 Å². The first-order valence-corrected chi connectivity index (χ1v) is 5.14. The van der Waals surface area contributed by atoms with Crippen LogP contribution in [0.25, 0.3) is 11.1 Å². The van der Waals surface area contributed by atoms with Crippen molar-refractivity contribution >= 4 is 0 Å². The SMILES string of the molecule is N#Cc1c(O)ccc2c1Cc1ccccc1-2. The summed E-state index contributed by atoms with van der Waals surface area (Å²) >= 11 is 0. The van der Waals surface area contributed by atoms with E-state index in [1.54, 1.807) is 6.07 Å². The molecule has 2 aromatic rings. The first kappa shape index (κ1) is 8.99. The Morgan fingerprint density at radius 3 is 2.69 bits per heavy atom. The van der Waals surface area contributed by atoms with Crippen molar-refractivity contribution in [2.75, 3.05) is 0 Å². The molecule has 1 N–H and O–H groups in total. The third kappa shape index (κ3) is 1.06. The lowest BCUT2D eigenvalue weighted by molar-refractivity contribution is 0.473. The van der Waals surface area contributed by atoms with E-state index in [-0.39, 0.29) is 5.75 Å². The summed E-state index contributed by atoms with van der Waals surface area (Å²) in [6, 6.07) is 13.7. The van der Waals surface area contributed by atoms with Gasteiger partial charge in [-0.1, -0.05) is 30.3 Å². The van der Waals surface area contributed by atoms with E-state index in [9.17, 15) is 5.11 Å². The second-order valence-corrected chi connectivity index (χ2v) is 3.93. The minimum absolute atomic E-state index is 0.0778. The average molecular weight is 207 g/mol. The van der Waals surface area contributed by atoms with Crippen LogP contribution in [0.1, 0.15) is 16.7 Å². The van der Waals surface area contributed by atoms with Gasteiger partial charge in [-0.25, -0.2) is 0 Å². The molecule has 0 atom stereocenters. The molecule has 0 saturated carbocycles. The topological polar surface area (TPSA) is 44.0 Å². The van der Waals surface area contributed by atoms with Crippen LogP contribution < -0.4 is 0 Å². The van der Waals surface area contributed by atoms with Gasteiger partial charge in [0.1, 0.15) is 11.8 Å². The predicted molar refractivity (Wildman–Crippen MR) is 61.1 cm³/mol. The highest BCUT2D eigenvalue weighted by Gasteiger charge is 2.22. The van der Waals surface area contributed by atoms with Crippen molar-refractivity contribution in [1.82, 2.24) is 0 Å². The first-order chi connectivity index (χ1) is 7.81. The van der Waals surface area contributed by atoms with Gasteiger partial charge in [0, 0.05) is 6.42 Å². The van der Waals surface area contributed by atoms with Crippen molar-refractivity contribution in [1.29, 1.82) is 5.26 Å². The van der Waals surface area contributed by atoms with Gasteiger partial charge in [-0.15, -0.1) is 0 Å². The van der Waals surface area contributed by atoms with Crippen LogP contribution >= 0.6 is 0 Å². The second-order valence-electron chi connectivity index (χ2n) is 3.93. The summed E-state index contributed by atoms with van der Waals surface area (Å²) in [5.74, 6) is 0.0778. The van der Waals surface area contributed by atoms with E-state index in [4.69, 9.17) is 5.26 Å². The van der Waals surface area contributed by atoms with E-state index in [0.29, 0.717) is 5.56 Å². The molecular weight excluding hydrogens is 198 g/mol. The van der Waals surface area contributed by atoms with Gasteiger partial charge in [0.15, 0.2) is 0 Å². The van der Waals surface area contributed by atoms with Crippen molar-refractivity contribution in [3.05, 3.63) is 53.1 Å². The van der Waals surface area contributed by atoms with Gasteiger partial charge in [0.05, 0.1) is 5.56 Å². The van der Waals surface area contributed by atoms with Crippen molar-refractivity contribution < 1.29 is 5.11 Å². The summed E-state index contributed by atoms with van der Waals surface area (Å²) in [4.78, 5) is 0. The molecule has 0 radical (unpaired) electrons. The van der Waals surface area contributed by atoms with Crippen LogP contribution in [0.15, 0.2) is 36.4 Å². The molecule has 16 heavy (non-hydrogen) atoms. The monoisotopic (exact) mass is 207 g/mol. The molecular formula is C14H9NO. The number of benzene rings is 2. The maximum absolute atomic E-state index is 9.63. The van der Waals surface area contributed by atoms with Gasteiger partial charge in [0.2, 0.25) is 0 Å². The van der Waals surface area contributed by atoms with Crippen LogP contribution in [0.3, 0.4) is 0 Å². The van der Waals surface area contributed by atoms with Crippen LogP contribution in [-0.4, -0.2) is 5.11 Å². The Balaban J connectivity index is 2.33. The summed E-state index contributed by atoms with van der Waals surface area (Å²) < 4.78 is 0. The first-order valence-electron chi connectivity index (χ1n) is 5.14. The predicted octanol–water partition coefficient (Wildman–Crippen LogP) is 2.84. The minimum Gasteiger partial charge on any atom is -0.507 e. The molecule has 2 heteroatoms. The number of aromatic hydroxyl groups is 1. The lowest BCUT2D eigenvalue weighted by atomic mass is 10.0. The summed E-state index contributed by atoms with van der Waals surface area (Å²) in [5, 5.41) is 18.7. The summed E-state index contributed by atoms with van der Waals surface area (Å²) in [7, 11) is 0. The van der Waals surface area contributed by atoms with E-state index >= 15 is 0 Å². The van der Waals surface area contributed by atoms with Crippen LogP contribution in [0.2, 0.25) is 0 Å². The molecule has 3 rings (SSSR count). The van der Waals surface area contributed by atoms with Crippen molar-refractivity contribution in [2.45, 2.75) is 6.42 Å². The molecule has 0 aliphatic heterocycles. The standard InChI is InChI=1S/C14H9NO/c15-8-13-12-7-9-3-1-2-4-10(9)11(12)5-6-14(13)16/h1-6,16H,7H2. The fraction of sp³-hybridized carbons (Fsp3) is 0.0714. The Bertz CT molecular complexity index is 623. The van der Waals surface area contributed by atoms with E-state index < -0.39 is 0 Å². The number of phenols is 1. The lowest BCUT2D eigenvalue weighted by Crippen LogP contribution is -1.87. The molecule has 0 unspecified atom stereocenters. The van der Waals surface area contributed by atoms with Crippen molar-refractivity contribution in [3.63, 3.8) is 0 Å². The Morgan fingerprint density at radius 1 is 1.06 bits per heavy atom. The number of rotatable bonds is 0. The molecule has 0 spiro atoms. The number of nitriles is 1. The zero-order valence-electron chi connectivity index (χ0n) is 8.57. The van der Waals surface area contributed by atoms with E-state index in [1.165, 1.54) is 11.1 Å². The summed E-state index contributed by atoms with van der Waals surface area (Å²) in [6.45, 7) is 0. The zero-order valence-corrected chi connectivity index (χ0v) is 8.57. The maximum Gasteiger partial charge on any atom is 0.133 e. The molecule has 0 bridgehead atoms. The van der Waals surface area contributed by atoms with E-state index in [1.807, 2.05) is 18.2 Å². The van der Waals surface area contributed by atoms with Gasteiger partial charge in [-0.05, 0) is 28.3 Å². The Kier molecular flexibility index (Phi) is 1.75. The molecule has 0 saturated heterocycles. The van der Waals surface area contributed by atoms with Gasteiger partial charge in [0.25, 0.3) is 0 Å². The summed E-state index contributed by atoms with van der Waals surface area (Å²) in [5.41, 5.74) is 4.83. The molecule has 0 heterocycles. The number of phenolic OH excluding ortho intramolecular Hbond substituents is 1. The highest BCUT2D eigenvalue weighted by atomic mass is 16.3. The number of hydrogen-bond acceptors (Lipinski definition) is 2. The highest BCUT2D eigenvalue weighted by molar-refractivity contribution is 5.80. The molecule has 1 aliphatic carbocycles. The summed E-state index contributed by atoms with van der Waals surface area (Å²) in [6.07, 6.45) is 0.739. The van der Waals surface area contributed by atoms with Gasteiger partial charge in [-0.3, -0.25) is 0 Å². The fourth-order valence-electron chi connectivity index (χ4n) is 2.32. The maximum atomic E-state index is 9.63. The number of nitrogens with zero attached hydrogens (tertiary/aromatic N) is 1. The highest BCUT2D eigenvalue weighted by Crippen LogP contribution is 2.40.